The van der Waals surface area contributed by atoms with Crippen molar-refractivity contribution in [3.63, 3.8) is 0 Å². The summed E-state index contributed by atoms with van der Waals surface area (Å²) in [5, 5.41) is 0. The molecular formula is C16H24N2O4S2. The fourth-order valence-electron chi connectivity index (χ4n) is 3.51. The van der Waals surface area contributed by atoms with Gasteiger partial charge in [0.05, 0.1) is 11.2 Å². The van der Waals surface area contributed by atoms with Gasteiger partial charge >= 0.3 is 0 Å². The summed E-state index contributed by atoms with van der Waals surface area (Å²) in [5.74, 6) is 0.566. The predicted molar refractivity (Wildman–Crippen MR) is 92.5 cm³/mol. The van der Waals surface area contributed by atoms with E-state index in [1.54, 1.807) is 30.3 Å². The third kappa shape index (κ3) is 4.17. The van der Waals surface area contributed by atoms with Crippen LogP contribution in [-0.2, 0) is 20.0 Å². The van der Waals surface area contributed by atoms with Crippen LogP contribution in [0.3, 0.4) is 0 Å². The zero-order valence-corrected chi connectivity index (χ0v) is 15.4. The van der Waals surface area contributed by atoms with E-state index in [2.05, 4.69) is 4.72 Å². The molecule has 2 fully saturated rings. The number of benzene rings is 1. The molecule has 1 aromatic carbocycles. The standard InChI is InChI=1S/C16H24N2O4S2/c1-23(19,20)17-16(13-14-7-8-14)9-11-18(12-10-16)24(21,22)15-5-3-2-4-6-15/h2-6,14,17H,7-13H2,1H3. The summed E-state index contributed by atoms with van der Waals surface area (Å²) in [7, 11) is -6.84. The van der Waals surface area contributed by atoms with Crippen molar-refractivity contribution in [3.8, 4) is 0 Å². The van der Waals surface area contributed by atoms with Crippen molar-refractivity contribution in [1.82, 2.24) is 9.03 Å². The van der Waals surface area contributed by atoms with Gasteiger partial charge in [-0.3, -0.25) is 0 Å². The van der Waals surface area contributed by atoms with E-state index in [0.717, 1.165) is 19.3 Å². The summed E-state index contributed by atoms with van der Waals surface area (Å²) >= 11 is 0. The number of piperidine rings is 1. The van der Waals surface area contributed by atoms with E-state index < -0.39 is 25.6 Å². The van der Waals surface area contributed by atoms with Gasteiger partial charge in [0.25, 0.3) is 0 Å². The molecule has 0 spiro atoms. The van der Waals surface area contributed by atoms with Crippen LogP contribution in [0, 0.1) is 5.92 Å². The molecule has 6 nitrogen and oxygen atoms in total. The average molecular weight is 373 g/mol. The van der Waals surface area contributed by atoms with Gasteiger partial charge < -0.3 is 0 Å². The highest BCUT2D eigenvalue weighted by atomic mass is 32.2. The van der Waals surface area contributed by atoms with E-state index in [4.69, 9.17) is 0 Å². The lowest BCUT2D eigenvalue weighted by Crippen LogP contribution is -2.56. The van der Waals surface area contributed by atoms with Crippen molar-refractivity contribution < 1.29 is 16.8 Å². The van der Waals surface area contributed by atoms with E-state index in [0.29, 0.717) is 31.8 Å². The quantitative estimate of drug-likeness (QED) is 0.821. The van der Waals surface area contributed by atoms with Gasteiger partial charge in [0.15, 0.2) is 0 Å². The molecule has 0 amide bonds. The van der Waals surface area contributed by atoms with Crippen LogP contribution in [-0.4, -0.2) is 46.0 Å². The first-order valence-electron chi connectivity index (χ1n) is 8.24. The van der Waals surface area contributed by atoms with Crippen LogP contribution >= 0.6 is 0 Å². The largest absolute Gasteiger partial charge is 0.243 e. The van der Waals surface area contributed by atoms with Crippen molar-refractivity contribution in [3.05, 3.63) is 30.3 Å². The van der Waals surface area contributed by atoms with Crippen LogP contribution in [0.2, 0.25) is 0 Å². The Bertz CT molecular complexity index is 779. The maximum absolute atomic E-state index is 12.7. The molecule has 0 radical (unpaired) electrons. The lowest BCUT2D eigenvalue weighted by atomic mass is 9.84. The van der Waals surface area contributed by atoms with Gasteiger partial charge in [-0.15, -0.1) is 0 Å². The molecule has 0 atom stereocenters. The first kappa shape index (κ1) is 17.8. The number of nitrogens with zero attached hydrogens (tertiary/aromatic N) is 1. The zero-order valence-electron chi connectivity index (χ0n) is 13.8. The lowest BCUT2D eigenvalue weighted by Gasteiger charge is -2.41. The van der Waals surface area contributed by atoms with Crippen LogP contribution in [0.1, 0.15) is 32.1 Å². The van der Waals surface area contributed by atoms with Crippen LogP contribution in [0.15, 0.2) is 35.2 Å². The van der Waals surface area contributed by atoms with Crippen molar-refractivity contribution in [2.75, 3.05) is 19.3 Å². The lowest BCUT2D eigenvalue weighted by molar-refractivity contribution is 0.199. The Hall–Kier alpha value is -0.960. The molecule has 1 saturated carbocycles. The summed E-state index contributed by atoms with van der Waals surface area (Å²) < 4.78 is 53.2. The Morgan fingerprint density at radius 1 is 1.08 bits per heavy atom. The second kappa shape index (κ2) is 6.40. The van der Waals surface area contributed by atoms with Crippen LogP contribution in [0.5, 0.6) is 0 Å². The molecule has 0 unspecified atom stereocenters. The zero-order chi connectivity index (χ0) is 17.4. The van der Waals surface area contributed by atoms with E-state index in [9.17, 15) is 16.8 Å². The van der Waals surface area contributed by atoms with Gasteiger partial charge in [-0.2, -0.15) is 4.31 Å². The SMILES string of the molecule is CS(=O)(=O)NC1(CC2CC2)CCN(S(=O)(=O)c2ccccc2)CC1. The molecule has 1 aromatic rings. The Labute approximate surface area is 144 Å². The fraction of sp³-hybridized carbons (Fsp3) is 0.625. The van der Waals surface area contributed by atoms with Crippen molar-refractivity contribution in [2.24, 2.45) is 5.92 Å². The molecule has 24 heavy (non-hydrogen) atoms. The van der Waals surface area contributed by atoms with Crippen LogP contribution in [0.4, 0.5) is 0 Å². The van der Waals surface area contributed by atoms with Gasteiger partial charge in [0, 0.05) is 18.6 Å². The van der Waals surface area contributed by atoms with Gasteiger partial charge in [0.2, 0.25) is 20.0 Å². The van der Waals surface area contributed by atoms with Crippen molar-refractivity contribution in [2.45, 2.75) is 42.5 Å². The third-order valence-corrected chi connectivity index (χ3v) is 7.56. The first-order chi connectivity index (χ1) is 11.2. The van der Waals surface area contributed by atoms with Crippen LogP contribution in [0.25, 0.3) is 0 Å². The maximum atomic E-state index is 12.7. The summed E-state index contributed by atoms with van der Waals surface area (Å²) in [6.45, 7) is 0.679. The van der Waals surface area contributed by atoms with Crippen molar-refractivity contribution in [1.29, 1.82) is 0 Å². The van der Waals surface area contributed by atoms with E-state index in [1.165, 1.54) is 10.6 Å². The molecule has 1 aliphatic carbocycles. The summed E-state index contributed by atoms with van der Waals surface area (Å²) in [5.41, 5.74) is -0.503. The highest BCUT2D eigenvalue weighted by Gasteiger charge is 2.43. The molecule has 0 bridgehead atoms. The Morgan fingerprint density at radius 3 is 2.17 bits per heavy atom. The van der Waals surface area contributed by atoms with Gasteiger partial charge in [-0.25, -0.2) is 21.6 Å². The highest BCUT2D eigenvalue weighted by molar-refractivity contribution is 7.89. The Kier molecular flexibility index (Phi) is 4.76. The minimum atomic E-state index is -3.51. The fourth-order valence-corrected chi connectivity index (χ4v) is 6.05. The monoisotopic (exact) mass is 372 g/mol. The number of hydrogen-bond acceptors (Lipinski definition) is 4. The third-order valence-electron chi connectivity index (χ3n) is 4.84. The van der Waals surface area contributed by atoms with E-state index in [-0.39, 0.29) is 4.90 Å². The van der Waals surface area contributed by atoms with Gasteiger partial charge in [-0.05, 0) is 37.3 Å². The van der Waals surface area contributed by atoms with Crippen molar-refractivity contribution >= 4 is 20.0 Å². The van der Waals surface area contributed by atoms with Gasteiger partial charge in [-0.1, -0.05) is 31.0 Å². The summed E-state index contributed by atoms with van der Waals surface area (Å²) in [6, 6.07) is 8.39. The Morgan fingerprint density at radius 2 is 1.67 bits per heavy atom. The predicted octanol–water partition coefficient (Wildman–Crippen LogP) is 1.56. The van der Waals surface area contributed by atoms with E-state index >= 15 is 0 Å². The van der Waals surface area contributed by atoms with Gasteiger partial charge in [0.1, 0.15) is 0 Å². The molecular weight excluding hydrogens is 348 g/mol. The number of nitrogens with one attached hydrogen (secondary N) is 1. The summed E-state index contributed by atoms with van der Waals surface area (Å²) in [6.07, 6.45) is 5.29. The topological polar surface area (TPSA) is 83.6 Å². The summed E-state index contributed by atoms with van der Waals surface area (Å²) in [4.78, 5) is 0.288. The smallest absolute Gasteiger partial charge is 0.213 e. The molecule has 3 rings (SSSR count). The Balaban J connectivity index is 1.75. The molecule has 2 aliphatic rings. The second-order valence-electron chi connectivity index (χ2n) is 7.02. The molecule has 1 aliphatic heterocycles. The molecule has 8 heteroatoms. The second-order valence-corrected chi connectivity index (χ2v) is 10.7. The average Bonchev–Trinajstić information content (AvgIpc) is 3.30. The maximum Gasteiger partial charge on any atom is 0.243 e. The first-order valence-corrected chi connectivity index (χ1v) is 11.6. The number of sulfonamides is 2. The number of rotatable bonds is 6. The highest BCUT2D eigenvalue weighted by Crippen LogP contribution is 2.41. The number of hydrogen-bond donors (Lipinski definition) is 1. The van der Waals surface area contributed by atoms with Crippen LogP contribution < -0.4 is 4.72 Å². The molecule has 1 heterocycles. The minimum Gasteiger partial charge on any atom is -0.213 e. The van der Waals surface area contributed by atoms with E-state index in [1.807, 2.05) is 0 Å². The molecule has 1 saturated heterocycles. The molecule has 134 valence electrons. The molecule has 0 aromatic heterocycles. The minimum absolute atomic E-state index is 0.288. The molecule has 1 N–H and O–H groups in total. The normalized spacial score (nSPS) is 22.4.